The van der Waals surface area contributed by atoms with Gasteiger partial charge in [-0.25, -0.2) is 0 Å². The van der Waals surface area contributed by atoms with Crippen molar-refractivity contribution in [3.8, 4) is 11.3 Å². The summed E-state index contributed by atoms with van der Waals surface area (Å²) in [5.74, 6) is 1.10. The van der Waals surface area contributed by atoms with Crippen molar-refractivity contribution in [1.29, 1.82) is 0 Å². The summed E-state index contributed by atoms with van der Waals surface area (Å²) in [5, 5.41) is 12.6. The second-order valence-corrected chi connectivity index (χ2v) is 7.61. The van der Waals surface area contributed by atoms with Gasteiger partial charge in [0.15, 0.2) is 5.76 Å². The summed E-state index contributed by atoms with van der Waals surface area (Å²) in [4.78, 5) is 15.1. The number of carbonyl (C=O) groups excluding carboxylic acids is 1. The molecular weight excluding hydrogens is 352 g/mol. The molecule has 0 spiro atoms. The third-order valence-electron chi connectivity index (χ3n) is 5.17. The molecule has 0 aliphatic carbocycles. The van der Waals surface area contributed by atoms with Crippen molar-refractivity contribution in [2.45, 2.75) is 45.6 Å². The maximum absolute atomic E-state index is 13.2. The first-order chi connectivity index (χ1) is 13.5. The molecular formula is C22H24N4O2. The van der Waals surface area contributed by atoms with Gasteiger partial charge >= 0.3 is 0 Å². The molecule has 144 valence electrons. The zero-order valence-electron chi connectivity index (χ0n) is 16.4. The maximum Gasteiger partial charge on any atom is 0.254 e. The van der Waals surface area contributed by atoms with Gasteiger partial charge in [-0.1, -0.05) is 31.1 Å². The van der Waals surface area contributed by atoms with E-state index in [9.17, 15) is 4.79 Å². The van der Waals surface area contributed by atoms with Crippen LogP contribution >= 0.6 is 0 Å². The molecule has 1 fully saturated rings. The number of hydrogen-bond acceptors (Lipinski definition) is 5. The van der Waals surface area contributed by atoms with Gasteiger partial charge in [0.1, 0.15) is 0 Å². The summed E-state index contributed by atoms with van der Waals surface area (Å²) in [5.41, 5.74) is 4.09. The first-order valence-corrected chi connectivity index (χ1v) is 9.71. The van der Waals surface area contributed by atoms with E-state index in [0.29, 0.717) is 11.5 Å². The van der Waals surface area contributed by atoms with Crippen molar-refractivity contribution in [2.75, 3.05) is 6.54 Å². The van der Waals surface area contributed by atoms with Gasteiger partial charge in [0.2, 0.25) is 0 Å². The highest BCUT2D eigenvalue weighted by atomic mass is 16.5. The zero-order chi connectivity index (χ0) is 19.7. The molecule has 1 saturated heterocycles. The summed E-state index contributed by atoms with van der Waals surface area (Å²) >= 11 is 0. The van der Waals surface area contributed by atoms with Crippen molar-refractivity contribution in [1.82, 2.24) is 20.3 Å². The van der Waals surface area contributed by atoms with E-state index in [2.05, 4.69) is 29.2 Å². The highest BCUT2D eigenvalue weighted by Gasteiger charge is 2.33. The number of hydrogen-bond donors (Lipinski definition) is 0. The molecule has 0 radical (unpaired) electrons. The fourth-order valence-electron chi connectivity index (χ4n) is 3.63. The molecule has 6 nitrogen and oxygen atoms in total. The lowest BCUT2D eigenvalue weighted by Crippen LogP contribution is -2.30. The number of carbonyl (C=O) groups is 1. The average Bonchev–Trinajstić information content (AvgIpc) is 3.36. The van der Waals surface area contributed by atoms with E-state index in [4.69, 9.17) is 4.52 Å². The Labute approximate surface area is 164 Å². The van der Waals surface area contributed by atoms with Crippen LogP contribution in [0.3, 0.4) is 0 Å². The Kier molecular flexibility index (Phi) is 4.94. The minimum Gasteiger partial charge on any atom is -0.359 e. The van der Waals surface area contributed by atoms with Gasteiger partial charge in [0, 0.05) is 23.7 Å². The minimum absolute atomic E-state index is 0.00478. The van der Waals surface area contributed by atoms with Crippen LogP contribution in [0, 0.1) is 6.92 Å². The van der Waals surface area contributed by atoms with E-state index in [1.165, 1.54) is 0 Å². The third kappa shape index (κ3) is 3.54. The van der Waals surface area contributed by atoms with E-state index in [0.717, 1.165) is 47.8 Å². The number of likely N-dealkylation sites (tertiary alicyclic amines) is 1. The van der Waals surface area contributed by atoms with Crippen LogP contribution in [-0.2, 0) is 0 Å². The van der Waals surface area contributed by atoms with Crippen molar-refractivity contribution < 1.29 is 9.32 Å². The minimum atomic E-state index is -0.0533. The maximum atomic E-state index is 13.2. The van der Waals surface area contributed by atoms with Crippen LogP contribution in [0.4, 0.5) is 0 Å². The first-order valence-electron chi connectivity index (χ1n) is 9.71. The van der Waals surface area contributed by atoms with Crippen LogP contribution in [0.15, 0.2) is 47.0 Å². The largest absolute Gasteiger partial charge is 0.359 e. The molecule has 4 rings (SSSR count). The molecule has 1 atom stereocenters. The highest BCUT2D eigenvalue weighted by molar-refractivity contribution is 5.95. The smallest absolute Gasteiger partial charge is 0.254 e. The lowest BCUT2D eigenvalue weighted by atomic mass is 10.0. The average molecular weight is 376 g/mol. The number of aromatic nitrogens is 3. The van der Waals surface area contributed by atoms with Crippen LogP contribution in [0.5, 0.6) is 0 Å². The molecule has 3 aromatic rings. The number of amides is 1. The Morgan fingerprint density at radius 2 is 2.04 bits per heavy atom. The number of rotatable bonds is 4. The molecule has 1 aromatic carbocycles. The van der Waals surface area contributed by atoms with Gasteiger partial charge < -0.3 is 9.42 Å². The molecule has 0 bridgehead atoms. The van der Waals surface area contributed by atoms with E-state index in [1.54, 1.807) is 0 Å². The van der Waals surface area contributed by atoms with Gasteiger partial charge in [-0.3, -0.25) is 4.79 Å². The lowest BCUT2D eigenvalue weighted by Gasteiger charge is -2.23. The standard InChI is InChI=1S/C22H24N4O2/c1-14(2)18-9-10-19(24-23-18)16-6-4-7-17(13-16)22(27)26-11-5-8-20(26)21-12-15(3)25-28-21/h4,6-7,9-10,12-14,20H,5,8,11H2,1-3H3. The molecule has 3 heterocycles. The van der Waals surface area contributed by atoms with Crippen molar-refractivity contribution in [3.63, 3.8) is 0 Å². The van der Waals surface area contributed by atoms with E-state index >= 15 is 0 Å². The fraction of sp³-hybridized carbons (Fsp3) is 0.364. The zero-order valence-corrected chi connectivity index (χ0v) is 16.4. The summed E-state index contributed by atoms with van der Waals surface area (Å²) in [6.45, 7) is 6.79. The quantitative estimate of drug-likeness (QED) is 0.668. The van der Waals surface area contributed by atoms with Gasteiger partial charge in [-0.2, -0.15) is 10.2 Å². The van der Waals surface area contributed by atoms with E-state index < -0.39 is 0 Å². The Morgan fingerprint density at radius 3 is 2.71 bits per heavy atom. The number of nitrogens with zero attached hydrogens (tertiary/aromatic N) is 4. The van der Waals surface area contributed by atoms with E-state index in [-0.39, 0.29) is 11.9 Å². The van der Waals surface area contributed by atoms with Gasteiger partial charge in [-0.15, -0.1) is 0 Å². The van der Waals surface area contributed by atoms with Crippen LogP contribution in [-0.4, -0.2) is 32.7 Å². The Hall–Kier alpha value is -3.02. The predicted molar refractivity (Wildman–Crippen MR) is 106 cm³/mol. The molecule has 28 heavy (non-hydrogen) atoms. The molecule has 1 aliphatic rings. The van der Waals surface area contributed by atoms with E-state index in [1.807, 2.05) is 54.3 Å². The monoisotopic (exact) mass is 376 g/mol. The van der Waals surface area contributed by atoms with Gasteiger partial charge in [0.25, 0.3) is 5.91 Å². The normalized spacial score (nSPS) is 16.7. The molecule has 0 N–H and O–H groups in total. The summed E-state index contributed by atoms with van der Waals surface area (Å²) in [7, 11) is 0. The highest BCUT2D eigenvalue weighted by Crippen LogP contribution is 2.34. The topological polar surface area (TPSA) is 72.1 Å². The molecule has 6 heteroatoms. The van der Waals surface area contributed by atoms with Crippen molar-refractivity contribution in [3.05, 3.63) is 65.2 Å². The number of benzene rings is 1. The SMILES string of the molecule is Cc1cc(C2CCCN2C(=O)c2cccc(-c3ccc(C(C)C)nn3)c2)on1. The first kappa shape index (κ1) is 18.3. The third-order valence-corrected chi connectivity index (χ3v) is 5.17. The molecule has 1 amide bonds. The Balaban J connectivity index is 1.59. The Bertz CT molecular complexity index is 978. The predicted octanol–water partition coefficient (Wildman–Crippen LogP) is 4.54. The molecule has 1 unspecified atom stereocenters. The van der Waals surface area contributed by atoms with Crippen LogP contribution in [0.2, 0.25) is 0 Å². The summed E-state index contributed by atoms with van der Waals surface area (Å²) in [6.07, 6.45) is 1.85. The lowest BCUT2D eigenvalue weighted by molar-refractivity contribution is 0.0714. The van der Waals surface area contributed by atoms with Crippen LogP contribution in [0.1, 0.15) is 66.2 Å². The van der Waals surface area contributed by atoms with Crippen LogP contribution in [0.25, 0.3) is 11.3 Å². The van der Waals surface area contributed by atoms with Gasteiger partial charge in [-0.05, 0) is 49.9 Å². The molecule has 0 saturated carbocycles. The second-order valence-electron chi connectivity index (χ2n) is 7.61. The summed E-state index contributed by atoms with van der Waals surface area (Å²) < 4.78 is 5.43. The van der Waals surface area contributed by atoms with Crippen LogP contribution < -0.4 is 0 Å². The van der Waals surface area contributed by atoms with Gasteiger partial charge in [0.05, 0.1) is 23.1 Å². The van der Waals surface area contributed by atoms with Crippen molar-refractivity contribution >= 4 is 5.91 Å². The fourth-order valence-corrected chi connectivity index (χ4v) is 3.63. The second kappa shape index (κ2) is 7.54. The molecule has 2 aromatic heterocycles. The van der Waals surface area contributed by atoms with Crippen molar-refractivity contribution in [2.24, 2.45) is 0 Å². The summed E-state index contributed by atoms with van der Waals surface area (Å²) in [6, 6.07) is 13.4. The number of aryl methyl sites for hydroxylation is 1. The Morgan fingerprint density at radius 1 is 1.18 bits per heavy atom. The molecule has 1 aliphatic heterocycles.